The maximum atomic E-state index is 11.9. The Morgan fingerprint density at radius 1 is 1.09 bits per heavy atom. The highest BCUT2D eigenvalue weighted by Crippen LogP contribution is 2.22. The summed E-state index contributed by atoms with van der Waals surface area (Å²) >= 11 is 0. The molecular formula is C17H19NO4. The van der Waals surface area contributed by atoms with Crippen molar-refractivity contribution in [2.24, 2.45) is 0 Å². The Kier molecular flexibility index (Phi) is 4.45. The molecule has 1 aromatic carbocycles. The summed E-state index contributed by atoms with van der Waals surface area (Å²) < 4.78 is 5.27. The number of benzene rings is 1. The van der Waals surface area contributed by atoms with Crippen LogP contribution in [0.2, 0.25) is 0 Å². The summed E-state index contributed by atoms with van der Waals surface area (Å²) in [6.45, 7) is 8.20. The molecule has 0 aliphatic carbocycles. The fraction of sp³-hybridized carbons (Fsp3) is 0.353. The third-order valence-electron chi connectivity index (χ3n) is 4.07. The fourth-order valence-electron chi connectivity index (χ4n) is 2.46. The summed E-state index contributed by atoms with van der Waals surface area (Å²) in [6, 6.07) is 2.11. The molecule has 0 atom stereocenters. The highest BCUT2D eigenvalue weighted by molar-refractivity contribution is 6.17. The molecule has 1 heterocycles. The molecule has 0 unspecified atom stereocenters. The van der Waals surface area contributed by atoms with Gasteiger partial charge in [-0.1, -0.05) is 6.07 Å². The van der Waals surface area contributed by atoms with Crippen LogP contribution < -0.4 is 5.32 Å². The zero-order chi connectivity index (χ0) is 16.4. The average Bonchev–Trinajstić information content (AvgIpc) is 2.74. The van der Waals surface area contributed by atoms with Crippen LogP contribution in [0.5, 0.6) is 0 Å². The van der Waals surface area contributed by atoms with Crippen molar-refractivity contribution in [1.82, 2.24) is 5.32 Å². The van der Waals surface area contributed by atoms with Crippen LogP contribution in [-0.2, 0) is 25.7 Å². The Morgan fingerprint density at radius 3 is 2.18 bits per heavy atom. The van der Waals surface area contributed by atoms with Crippen molar-refractivity contribution >= 4 is 17.8 Å². The molecule has 0 bridgehead atoms. The van der Waals surface area contributed by atoms with Gasteiger partial charge < -0.3 is 4.74 Å². The summed E-state index contributed by atoms with van der Waals surface area (Å²) in [5.41, 5.74) is 5.64. The molecule has 5 heteroatoms. The maximum absolute atomic E-state index is 11.9. The molecule has 2 amide bonds. The topological polar surface area (TPSA) is 72.5 Å². The van der Waals surface area contributed by atoms with Crippen molar-refractivity contribution < 1.29 is 19.1 Å². The van der Waals surface area contributed by atoms with E-state index in [2.05, 4.69) is 11.4 Å². The number of aryl methyl sites for hydroxylation is 2. The number of nitrogens with one attached hydrogen (secondary N) is 1. The summed E-state index contributed by atoms with van der Waals surface area (Å²) in [7, 11) is 0. The Morgan fingerprint density at radius 2 is 1.68 bits per heavy atom. The van der Waals surface area contributed by atoms with Crippen molar-refractivity contribution in [2.75, 3.05) is 0 Å². The van der Waals surface area contributed by atoms with Crippen LogP contribution >= 0.6 is 0 Å². The van der Waals surface area contributed by atoms with Gasteiger partial charge in [0.15, 0.2) is 0 Å². The summed E-state index contributed by atoms with van der Waals surface area (Å²) in [4.78, 5) is 34.3. The first-order valence-corrected chi connectivity index (χ1v) is 7.07. The van der Waals surface area contributed by atoms with Crippen molar-refractivity contribution in [3.63, 3.8) is 0 Å². The Bertz CT molecular complexity index is 675. The average molecular weight is 301 g/mol. The lowest BCUT2D eigenvalue weighted by Gasteiger charge is -2.15. The number of hydrogen-bond donors (Lipinski definition) is 1. The quantitative estimate of drug-likeness (QED) is 0.681. The van der Waals surface area contributed by atoms with Gasteiger partial charge >= 0.3 is 5.97 Å². The van der Waals surface area contributed by atoms with Crippen LogP contribution in [0, 0.1) is 27.7 Å². The molecule has 2 rings (SSSR count). The molecule has 0 radical (unpaired) electrons. The van der Waals surface area contributed by atoms with Crippen LogP contribution in [-0.4, -0.2) is 17.8 Å². The van der Waals surface area contributed by atoms with Gasteiger partial charge in [0.2, 0.25) is 0 Å². The van der Waals surface area contributed by atoms with E-state index in [0.717, 1.165) is 33.9 Å². The summed E-state index contributed by atoms with van der Waals surface area (Å²) in [5.74, 6) is -1.54. The first kappa shape index (κ1) is 15.9. The first-order chi connectivity index (χ1) is 10.3. The molecule has 0 saturated carbocycles. The number of carbonyl (C=O) groups excluding carboxylic acids is 3. The van der Waals surface area contributed by atoms with Gasteiger partial charge in [0.05, 0.1) is 6.42 Å². The lowest BCUT2D eigenvalue weighted by atomic mass is 9.95. The monoisotopic (exact) mass is 301 g/mol. The third-order valence-corrected chi connectivity index (χ3v) is 4.07. The smallest absolute Gasteiger partial charge is 0.310 e. The summed E-state index contributed by atoms with van der Waals surface area (Å²) in [5, 5.41) is 2.10. The minimum absolute atomic E-state index is 0.142. The minimum atomic E-state index is -0.527. The molecule has 1 aliphatic heterocycles. The van der Waals surface area contributed by atoms with Gasteiger partial charge in [0.1, 0.15) is 6.61 Å². The van der Waals surface area contributed by atoms with E-state index in [1.807, 2.05) is 27.7 Å². The first-order valence-electron chi connectivity index (χ1n) is 7.07. The van der Waals surface area contributed by atoms with Crippen molar-refractivity contribution in [1.29, 1.82) is 0 Å². The zero-order valence-electron chi connectivity index (χ0n) is 13.2. The number of rotatable bonds is 4. The van der Waals surface area contributed by atoms with E-state index < -0.39 is 17.8 Å². The molecule has 0 saturated heterocycles. The van der Waals surface area contributed by atoms with Crippen molar-refractivity contribution in [2.45, 2.75) is 40.7 Å². The Hall–Kier alpha value is -2.43. The number of hydrogen-bond acceptors (Lipinski definition) is 4. The van der Waals surface area contributed by atoms with Crippen LogP contribution in [0.15, 0.2) is 17.7 Å². The van der Waals surface area contributed by atoms with E-state index in [1.165, 1.54) is 0 Å². The lowest BCUT2D eigenvalue weighted by Crippen LogP contribution is -2.23. The van der Waals surface area contributed by atoms with E-state index in [9.17, 15) is 14.4 Å². The third kappa shape index (κ3) is 3.24. The number of imide groups is 1. The molecule has 5 nitrogen and oxygen atoms in total. The molecule has 116 valence electrons. The maximum Gasteiger partial charge on any atom is 0.310 e. The minimum Gasteiger partial charge on any atom is -0.461 e. The molecule has 0 spiro atoms. The standard InChI is InChI=1S/C17H19NO4/c1-9-5-10(2)12(4)14(11(9)3)8-22-16(20)7-13-6-15(19)18-17(13)21/h5-6H,7-8H2,1-4H3,(H,18,19,21). The molecule has 1 aliphatic rings. The van der Waals surface area contributed by atoms with Crippen molar-refractivity contribution in [3.05, 3.63) is 45.5 Å². The second-order valence-electron chi connectivity index (χ2n) is 5.56. The van der Waals surface area contributed by atoms with Gasteiger partial charge in [-0.25, -0.2) is 0 Å². The molecule has 0 aromatic heterocycles. The second-order valence-corrected chi connectivity index (χ2v) is 5.56. The molecular weight excluding hydrogens is 282 g/mol. The number of carbonyl (C=O) groups is 3. The Balaban J connectivity index is 2.05. The SMILES string of the molecule is Cc1cc(C)c(C)c(COC(=O)CC2=CC(=O)NC2=O)c1C. The molecule has 22 heavy (non-hydrogen) atoms. The van der Waals surface area contributed by atoms with E-state index in [1.54, 1.807) is 0 Å². The van der Waals surface area contributed by atoms with Crippen LogP contribution in [0.4, 0.5) is 0 Å². The lowest BCUT2D eigenvalue weighted by molar-refractivity contribution is -0.144. The van der Waals surface area contributed by atoms with Gasteiger partial charge in [0.25, 0.3) is 11.8 Å². The van der Waals surface area contributed by atoms with Crippen LogP contribution in [0.25, 0.3) is 0 Å². The Labute approximate surface area is 129 Å². The van der Waals surface area contributed by atoms with E-state index in [-0.39, 0.29) is 18.6 Å². The highest BCUT2D eigenvalue weighted by Gasteiger charge is 2.23. The summed E-state index contributed by atoms with van der Waals surface area (Å²) in [6.07, 6.45) is 0.942. The molecule has 1 N–H and O–H groups in total. The number of amides is 2. The second kappa shape index (κ2) is 6.13. The van der Waals surface area contributed by atoms with E-state index in [0.29, 0.717) is 0 Å². The number of ether oxygens (including phenoxy) is 1. The van der Waals surface area contributed by atoms with Gasteiger partial charge in [-0.2, -0.15) is 0 Å². The van der Waals surface area contributed by atoms with Crippen LogP contribution in [0.3, 0.4) is 0 Å². The van der Waals surface area contributed by atoms with Crippen molar-refractivity contribution in [3.8, 4) is 0 Å². The van der Waals surface area contributed by atoms with Crippen LogP contribution in [0.1, 0.15) is 34.2 Å². The number of esters is 1. The fourth-order valence-corrected chi connectivity index (χ4v) is 2.46. The predicted molar refractivity (Wildman–Crippen MR) is 81.0 cm³/mol. The molecule has 1 aromatic rings. The molecule has 0 fully saturated rings. The van der Waals surface area contributed by atoms with E-state index in [4.69, 9.17) is 4.74 Å². The predicted octanol–water partition coefficient (Wildman–Crippen LogP) is 1.94. The van der Waals surface area contributed by atoms with Gasteiger partial charge in [0, 0.05) is 11.6 Å². The van der Waals surface area contributed by atoms with Gasteiger partial charge in [-0.05, 0) is 55.5 Å². The van der Waals surface area contributed by atoms with Gasteiger partial charge in [-0.15, -0.1) is 0 Å². The van der Waals surface area contributed by atoms with Gasteiger partial charge in [-0.3, -0.25) is 19.7 Å². The van der Waals surface area contributed by atoms with E-state index >= 15 is 0 Å². The normalized spacial score (nSPS) is 13.9. The zero-order valence-corrected chi connectivity index (χ0v) is 13.2. The highest BCUT2D eigenvalue weighted by atomic mass is 16.5. The largest absolute Gasteiger partial charge is 0.461 e.